The van der Waals surface area contributed by atoms with Gasteiger partial charge in [0.2, 0.25) is 0 Å². The standard InChI is InChI=1S/C18H26N4O3.ClH/c23-17(16-13-19-9-12-25-16)20-14-5-7-15(8-6-14)21-18(24)22-10-3-1-2-4-11-22;/h5-8,16,19H,1-4,9-13H2,(H,20,23)(H,21,24);1H. The minimum Gasteiger partial charge on any atom is -0.366 e. The number of carbonyl (C=O) groups is 2. The summed E-state index contributed by atoms with van der Waals surface area (Å²) in [5, 5.41) is 8.89. The maximum atomic E-state index is 12.3. The van der Waals surface area contributed by atoms with Gasteiger partial charge in [-0.15, -0.1) is 12.4 Å². The van der Waals surface area contributed by atoms with Gasteiger partial charge < -0.3 is 25.6 Å². The summed E-state index contributed by atoms with van der Waals surface area (Å²) in [6, 6.07) is 7.11. The fourth-order valence-corrected chi connectivity index (χ4v) is 3.07. The van der Waals surface area contributed by atoms with Gasteiger partial charge in [0.25, 0.3) is 5.91 Å². The van der Waals surface area contributed by atoms with Crippen LogP contribution in [-0.4, -0.2) is 55.7 Å². The van der Waals surface area contributed by atoms with Crippen LogP contribution < -0.4 is 16.0 Å². The topological polar surface area (TPSA) is 82.7 Å². The summed E-state index contributed by atoms with van der Waals surface area (Å²) in [4.78, 5) is 26.3. The number of urea groups is 1. The van der Waals surface area contributed by atoms with Crippen molar-refractivity contribution < 1.29 is 14.3 Å². The van der Waals surface area contributed by atoms with E-state index in [1.165, 1.54) is 12.8 Å². The molecule has 1 unspecified atom stereocenters. The smallest absolute Gasteiger partial charge is 0.321 e. The second-order valence-corrected chi connectivity index (χ2v) is 6.46. The molecule has 0 aliphatic carbocycles. The number of carbonyl (C=O) groups excluding carboxylic acids is 2. The molecule has 2 aliphatic rings. The number of likely N-dealkylation sites (tertiary alicyclic amines) is 1. The Balaban J connectivity index is 0.00000243. The minimum atomic E-state index is -0.462. The molecule has 7 nitrogen and oxygen atoms in total. The molecule has 3 N–H and O–H groups in total. The van der Waals surface area contributed by atoms with Crippen molar-refractivity contribution in [1.29, 1.82) is 0 Å². The van der Waals surface area contributed by atoms with E-state index in [9.17, 15) is 9.59 Å². The van der Waals surface area contributed by atoms with Crippen LogP contribution in [0, 0.1) is 0 Å². The minimum absolute atomic E-state index is 0. The monoisotopic (exact) mass is 382 g/mol. The number of nitrogens with one attached hydrogen (secondary N) is 3. The van der Waals surface area contributed by atoms with Crippen molar-refractivity contribution >= 4 is 35.7 Å². The Morgan fingerprint density at radius 1 is 1.00 bits per heavy atom. The van der Waals surface area contributed by atoms with Crippen molar-refractivity contribution in [3.8, 4) is 0 Å². The van der Waals surface area contributed by atoms with Crippen LogP contribution in [0.2, 0.25) is 0 Å². The first-order chi connectivity index (χ1) is 12.2. The molecule has 0 radical (unpaired) electrons. The summed E-state index contributed by atoms with van der Waals surface area (Å²) < 4.78 is 5.43. The third-order valence-corrected chi connectivity index (χ3v) is 4.52. The van der Waals surface area contributed by atoms with Crippen molar-refractivity contribution in [2.75, 3.05) is 43.4 Å². The summed E-state index contributed by atoms with van der Waals surface area (Å²) in [7, 11) is 0. The van der Waals surface area contributed by atoms with Crippen LogP contribution >= 0.6 is 12.4 Å². The molecule has 3 amide bonds. The second-order valence-electron chi connectivity index (χ2n) is 6.46. The van der Waals surface area contributed by atoms with Crippen molar-refractivity contribution in [2.24, 2.45) is 0 Å². The Morgan fingerprint density at radius 2 is 1.62 bits per heavy atom. The number of nitrogens with zero attached hydrogens (tertiary/aromatic N) is 1. The van der Waals surface area contributed by atoms with E-state index < -0.39 is 6.10 Å². The van der Waals surface area contributed by atoms with Crippen LogP contribution in [0.4, 0.5) is 16.2 Å². The number of rotatable bonds is 3. The molecular weight excluding hydrogens is 356 g/mol. The van der Waals surface area contributed by atoms with Crippen molar-refractivity contribution in [1.82, 2.24) is 10.2 Å². The lowest BCUT2D eigenvalue weighted by Crippen LogP contribution is -2.45. The van der Waals surface area contributed by atoms with E-state index in [1.807, 2.05) is 4.90 Å². The number of hydrogen-bond donors (Lipinski definition) is 3. The summed E-state index contributed by atoms with van der Waals surface area (Å²) >= 11 is 0. The molecule has 2 fully saturated rings. The van der Waals surface area contributed by atoms with Gasteiger partial charge in [0, 0.05) is 37.6 Å². The molecular formula is C18H27ClN4O3. The van der Waals surface area contributed by atoms with E-state index in [2.05, 4.69) is 16.0 Å². The number of anilines is 2. The number of halogens is 1. The maximum Gasteiger partial charge on any atom is 0.321 e. The zero-order valence-electron chi connectivity index (χ0n) is 14.8. The molecule has 144 valence electrons. The molecule has 8 heteroatoms. The molecule has 26 heavy (non-hydrogen) atoms. The Kier molecular flexibility index (Phi) is 8.15. The van der Waals surface area contributed by atoms with Gasteiger partial charge in [0.05, 0.1) is 6.61 Å². The molecule has 0 bridgehead atoms. The van der Waals surface area contributed by atoms with E-state index in [0.29, 0.717) is 18.8 Å². The SMILES string of the molecule is Cl.O=C(Nc1ccc(NC(=O)N2CCCCCC2)cc1)C1CNCCO1. The molecule has 0 saturated carbocycles. The second kappa shape index (κ2) is 10.4. The van der Waals surface area contributed by atoms with Crippen LogP contribution in [-0.2, 0) is 9.53 Å². The summed E-state index contributed by atoms with van der Waals surface area (Å²) in [6.45, 7) is 3.47. The van der Waals surface area contributed by atoms with Gasteiger partial charge >= 0.3 is 6.03 Å². The third kappa shape index (κ3) is 5.86. The summed E-state index contributed by atoms with van der Waals surface area (Å²) in [5.41, 5.74) is 1.41. The number of morpholine rings is 1. The fourth-order valence-electron chi connectivity index (χ4n) is 3.07. The lowest BCUT2D eigenvalue weighted by molar-refractivity contribution is -0.128. The Morgan fingerprint density at radius 3 is 2.19 bits per heavy atom. The predicted octanol–water partition coefficient (Wildman–Crippen LogP) is 2.44. The average molecular weight is 383 g/mol. The maximum absolute atomic E-state index is 12.3. The van der Waals surface area contributed by atoms with Crippen LogP contribution in [0.25, 0.3) is 0 Å². The highest BCUT2D eigenvalue weighted by molar-refractivity contribution is 5.95. The summed E-state index contributed by atoms with van der Waals surface area (Å²) in [6.07, 6.45) is 4.06. The van der Waals surface area contributed by atoms with E-state index in [4.69, 9.17) is 4.74 Å². The zero-order valence-corrected chi connectivity index (χ0v) is 15.6. The van der Waals surface area contributed by atoms with Crippen molar-refractivity contribution in [3.05, 3.63) is 24.3 Å². The number of hydrogen-bond acceptors (Lipinski definition) is 4. The van der Waals surface area contributed by atoms with E-state index >= 15 is 0 Å². The normalized spacial score (nSPS) is 20.5. The highest BCUT2D eigenvalue weighted by Gasteiger charge is 2.21. The Labute approximate surface area is 160 Å². The van der Waals surface area contributed by atoms with Crippen LogP contribution in [0.3, 0.4) is 0 Å². The van der Waals surface area contributed by atoms with Crippen molar-refractivity contribution in [3.63, 3.8) is 0 Å². The van der Waals surface area contributed by atoms with Crippen LogP contribution in [0.1, 0.15) is 25.7 Å². The first-order valence-corrected chi connectivity index (χ1v) is 9.01. The van der Waals surface area contributed by atoms with Gasteiger partial charge in [0.15, 0.2) is 0 Å². The first kappa shape index (κ1) is 20.5. The average Bonchev–Trinajstić information content (AvgIpc) is 2.93. The predicted molar refractivity (Wildman–Crippen MR) is 104 cm³/mol. The van der Waals surface area contributed by atoms with E-state index in [1.54, 1.807) is 24.3 Å². The molecule has 2 aliphatic heterocycles. The highest BCUT2D eigenvalue weighted by Crippen LogP contribution is 2.16. The van der Waals surface area contributed by atoms with Crippen LogP contribution in [0.5, 0.6) is 0 Å². The first-order valence-electron chi connectivity index (χ1n) is 9.01. The highest BCUT2D eigenvalue weighted by atomic mass is 35.5. The summed E-state index contributed by atoms with van der Waals surface area (Å²) in [5.74, 6) is -0.159. The fraction of sp³-hybridized carbons (Fsp3) is 0.556. The third-order valence-electron chi connectivity index (χ3n) is 4.52. The number of benzene rings is 1. The van der Waals surface area contributed by atoms with Gasteiger partial charge in [-0.25, -0.2) is 4.79 Å². The molecule has 1 aromatic carbocycles. The Hall–Kier alpha value is -1.83. The quantitative estimate of drug-likeness (QED) is 0.749. The molecule has 1 atom stereocenters. The van der Waals surface area contributed by atoms with Gasteiger partial charge in [-0.1, -0.05) is 12.8 Å². The molecule has 3 rings (SSSR count). The van der Waals surface area contributed by atoms with Gasteiger partial charge in [-0.3, -0.25) is 4.79 Å². The van der Waals surface area contributed by atoms with Gasteiger partial charge in [0.1, 0.15) is 6.10 Å². The molecule has 2 saturated heterocycles. The van der Waals surface area contributed by atoms with E-state index in [0.717, 1.165) is 38.2 Å². The molecule has 2 heterocycles. The van der Waals surface area contributed by atoms with E-state index in [-0.39, 0.29) is 24.3 Å². The lowest BCUT2D eigenvalue weighted by atomic mass is 10.2. The Bertz CT molecular complexity index is 583. The number of amides is 3. The lowest BCUT2D eigenvalue weighted by Gasteiger charge is -2.23. The largest absolute Gasteiger partial charge is 0.366 e. The van der Waals surface area contributed by atoms with Crippen molar-refractivity contribution in [2.45, 2.75) is 31.8 Å². The number of ether oxygens (including phenoxy) is 1. The molecule has 0 aromatic heterocycles. The van der Waals surface area contributed by atoms with Crippen LogP contribution in [0.15, 0.2) is 24.3 Å². The van der Waals surface area contributed by atoms with Gasteiger partial charge in [-0.2, -0.15) is 0 Å². The zero-order chi connectivity index (χ0) is 17.5. The van der Waals surface area contributed by atoms with Gasteiger partial charge in [-0.05, 0) is 37.1 Å². The molecule has 0 spiro atoms. The molecule has 1 aromatic rings.